The van der Waals surface area contributed by atoms with Crippen LogP contribution in [-0.2, 0) is 0 Å². The van der Waals surface area contributed by atoms with Gasteiger partial charge in [0.1, 0.15) is 16.7 Å². The first-order chi connectivity index (χ1) is 14.9. The molecule has 1 atom stereocenters. The first kappa shape index (κ1) is 20.5. The van der Waals surface area contributed by atoms with Crippen molar-refractivity contribution in [1.82, 2.24) is 29.5 Å². The summed E-state index contributed by atoms with van der Waals surface area (Å²) in [7, 11) is 0. The highest BCUT2D eigenvalue weighted by Gasteiger charge is 2.28. The van der Waals surface area contributed by atoms with Gasteiger partial charge in [-0.25, -0.2) is 14.5 Å². The van der Waals surface area contributed by atoms with Crippen molar-refractivity contribution in [3.05, 3.63) is 29.2 Å². The second kappa shape index (κ2) is 7.60. The zero-order valence-corrected chi connectivity index (χ0v) is 20.0. The van der Waals surface area contributed by atoms with Crippen LogP contribution in [0.2, 0.25) is 0 Å². The van der Waals surface area contributed by atoms with E-state index in [1.165, 1.54) is 22.3 Å². The highest BCUT2D eigenvalue weighted by Crippen LogP contribution is 2.41. The number of aromatic amines is 1. The van der Waals surface area contributed by atoms with E-state index in [4.69, 9.17) is 4.98 Å². The Morgan fingerprint density at radius 3 is 2.74 bits per heavy atom. The molecule has 0 aromatic carbocycles. The Labute approximate surface area is 187 Å². The Hall–Kier alpha value is -2.45. The Morgan fingerprint density at radius 2 is 2.03 bits per heavy atom. The molecular formula is C23H31N7S. The molecule has 5 heterocycles. The van der Waals surface area contributed by atoms with Crippen molar-refractivity contribution < 1.29 is 0 Å². The number of likely N-dealkylation sites (N-methyl/N-ethyl adjacent to an activating group) is 1. The summed E-state index contributed by atoms with van der Waals surface area (Å²) >= 11 is 1.78. The van der Waals surface area contributed by atoms with E-state index in [0.29, 0.717) is 12.0 Å². The third-order valence-electron chi connectivity index (χ3n) is 6.76. The quantitative estimate of drug-likeness (QED) is 0.505. The fraction of sp³-hybridized carbons (Fsp3) is 0.522. The molecule has 0 spiro atoms. The summed E-state index contributed by atoms with van der Waals surface area (Å²) in [6.45, 7) is 17.7. The van der Waals surface area contributed by atoms with E-state index in [2.05, 4.69) is 72.6 Å². The number of aryl methyl sites for hydroxylation is 1. The number of anilines is 1. The van der Waals surface area contributed by atoms with Gasteiger partial charge in [-0.3, -0.25) is 4.90 Å². The zero-order chi connectivity index (χ0) is 21.9. The lowest BCUT2D eigenvalue weighted by Gasteiger charge is -2.39. The van der Waals surface area contributed by atoms with Crippen LogP contribution in [0.5, 0.6) is 0 Å². The number of H-pyrrole nitrogens is 1. The topological polar surface area (TPSA) is 65.3 Å². The van der Waals surface area contributed by atoms with E-state index >= 15 is 0 Å². The maximum absolute atomic E-state index is 5.17. The Balaban J connectivity index is 1.61. The molecule has 8 heteroatoms. The monoisotopic (exact) mass is 437 g/mol. The van der Waals surface area contributed by atoms with E-state index in [1.807, 2.05) is 4.52 Å². The molecule has 1 aliphatic heterocycles. The predicted octanol–water partition coefficient (Wildman–Crippen LogP) is 4.60. The summed E-state index contributed by atoms with van der Waals surface area (Å²) < 4.78 is 1.88. The van der Waals surface area contributed by atoms with Crippen LogP contribution in [0, 0.1) is 13.8 Å². The third kappa shape index (κ3) is 3.24. The lowest BCUT2D eigenvalue weighted by molar-refractivity contribution is 0.240. The highest BCUT2D eigenvalue weighted by atomic mass is 32.1. The molecule has 0 radical (unpaired) electrons. The van der Waals surface area contributed by atoms with Gasteiger partial charge in [-0.1, -0.05) is 32.1 Å². The fourth-order valence-corrected chi connectivity index (χ4v) is 5.94. The number of piperazine rings is 1. The lowest BCUT2D eigenvalue weighted by Crippen LogP contribution is -2.51. The maximum Gasteiger partial charge on any atom is 0.188 e. The van der Waals surface area contributed by atoms with E-state index < -0.39 is 0 Å². The summed E-state index contributed by atoms with van der Waals surface area (Å²) in [6.07, 6.45) is 3.72. The van der Waals surface area contributed by atoms with E-state index in [0.717, 1.165) is 53.0 Å². The molecule has 31 heavy (non-hydrogen) atoms. The number of aromatic nitrogens is 5. The van der Waals surface area contributed by atoms with Gasteiger partial charge in [0.15, 0.2) is 10.8 Å². The van der Waals surface area contributed by atoms with Crippen molar-refractivity contribution in [1.29, 1.82) is 0 Å². The van der Waals surface area contributed by atoms with Crippen LogP contribution < -0.4 is 4.90 Å². The molecule has 5 rings (SSSR count). The minimum atomic E-state index is 0.360. The number of fused-ring (bicyclic) bond motifs is 2. The van der Waals surface area contributed by atoms with E-state index in [-0.39, 0.29) is 0 Å². The lowest BCUT2D eigenvalue weighted by atomic mass is 9.96. The summed E-state index contributed by atoms with van der Waals surface area (Å²) in [5.41, 5.74) is 8.07. The van der Waals surface area contributed by atoms with E-state index in [9.17, 15) is 0 Å². The van der Waals surface area contributed by atoms with Gasteiger partial charge in [0, 0.05) is 43.0 Å². The summed E-state index contributed by atoms with van der Waals surface area (Å²) in [5.74, 6) is 0.360. The maximum atomic E-state index is 5.17. The molecule has 1 fully saturated rings. The molecule has 0 saturated carbocycles. The Bertz CT molecular complexity index is 1250. The molecule has 0 amide bonds. The van der Waals surface area contributed by atoms with Gasteiger partial charge in [0.2, 0.25) is 0 Å². The van der Waals surface area contributed by atoms with Gasteiger partial charge >= 0.3 is 0 Å². The first-order valence-corrected chi connectivity index (χ1v) is 12.0. The third-order valence-corrected chi connectivity index (χ3v) is 7.76. The van der Waals surface area contributed by atoms with Crippen molar-refractivity contribution >= 4 is 32.5 Å². The Kier molecular flexibility index (Phi) is 5.01. The molecule has 1 N–H and O–H groups in total. The number of pyridine rings is 1. The molecular weight excluding hydrogens is 406 g/mol. The average Bonchev–Trinajstić information content (AvgIpc) is 3.44. The summed E-state index contributed by atoms with van der Waals surface area (Å²) in [5, 5.41) is 5.52. The highest BCUT2D eigenvalue weighted by molar-refractivity contribution is 7.21. The number of thiazole rings is 1. The number of nitrogens with zero attached hydrogens (tertiary/aromatic N) is 6. The molecule has 1 aliphatic rings. The molecule has 0 aliphatic carbocycles. The van der Waals surface area contributed by atoms with Crippen molar-refractivity contribution in [3.8, 4) is 11.3 Å². The van der Waals surface area contributed by atoms with Gasteiger partial charge in [0.05, 0.1) is 5.69 Å². The summed E-state index contributed by atoms with van der Waals surface area (Å²) in [4.78, 5) is 19.5. The van der Waals surface area contributed by atoms with Crippen LogP contribution in [0.3, 0.4) is 0 Å². The van der Waals surface area contributed by atoms with Crippen LogP contribution in [0.1, 0.15) is 50.3 Å². The number of hydrogen-bond acceptors (Lipinski definition) is 6. The normalized spacial score (nSPS) is 18.2. The predicted molar refractivity (Wildman–Crippen MR) is 128 cm³/mol. The zero-order valence-electron chi connectivity index (χ0n) is 19.2. The first-order valence-electron chi connectivity index (χ1n) is 11.2. The largest absolute Gasteiger partial charge is 0.344 e. The van der Waals surface area contributed by atoms with E-state index in [1.54, 1.807) is 17.7 Å². The van der Waals surface area contributed by atoms with Crippen molar-refractivity contribution in [2.75, 3.05) is 31.1 Å². The molecule has 0 unspecified atom stereocenters. The van der Waals surface area contributed by atoms with Crippen LogP contribution >= 0.6 is 11.3 Å². The molecule has 4 aromatic rings. The second-order valence-corrected chi connectivity index (χ2v) is 9.98. The minimum Gasteiger partial charge on any atom is -0.344 e. The van der Waals surface area contributed by atoms with Gasteiger partial charge in [-0.15, -0.1) is 0 Å². The standard InChI is InChI=1S/C23H31N7S/c1-7-28-8-9-29(14(4)10-28)23-27-20-18(13(2)3)19(26-22(20)31-23)17-11-30-21(24-12-25-30)16(6)15(17)5/h11-14,26H,7-10H2,1-6H3/t14-/m1/s1. The summed E-state index contributed by atoms with van der Waals surface area (Å²) in [6, 6.07) is 0.477. The molecule has 7 nitrogen and oxygen atoms in total. The molecule has 1 saturated heterocycles. The van der Waals surface area contributed by atoms with Crippen LogP contribution in [-0.4, -0.2) is 61.7 Å². The number of nitrogens with one attached hydrogen (secondary N) is 1. The van der Waals surface area contributed by atoms with Gasteiger partial charge in [-0.2, -0.15) is 5.10 Å². The van der Waals surface area contributed by atoms with Crippen LogP contribution in [0.15, 0.2) is 12.5 Å². The average molecular weight is 438 g/mol. The van der Waals surface area contributed by atoms with Crippen LogP contribution in [0.25, 0.3) is 27.3 Å². The van der Waals surface area contributed by atoms with Crippen molar-refractivity contribution in [2.24, 2.45) is 0 Å². The van der Waals surface area contributed by atoms with Crippen molar-refractivity contribution in [2.45, 2.75) is 53.5 Å². The van der Waals surface area contributed by atoms with Crippen molar-refractivity contribution in [3.63, 3.8) is 0 Å². The Morgan fingerprint density at radius 1 is 1.23 bits per heavy atom. The van der Waals surface area contributed by atoms with Gasteiger partial charge in [-0.05, 0) is 44.4 Å². The molecule has 0 bridgehead atoms. The SMILES string of the molecule is CCN1CCN(c2nc3c(C(C)C)c(-c4cn5ncnc5c(C)c4C)[nH]c3s2)[C@H](C)C1. The van der Waals surface area contributed by atoms with Crippen LogP contribution in [0.4, 0.5) is 5.13 Å². The second-order valence-electron chi connectivity index (χ2n) is 9.00. The minimum absolute atomic E-state index is 0.360. The van der Waals surface area contributed by atoms with Gasteiger partial charge < -0.3 is 9.88 Å². The molecule has 4 aromatic heterocycles. The molecule has 164 valence electrons. The number of hydrogen-bond donors (Lipinski definition) is 1. The number of rotatable bonds is 4. The fourth-order valence-electron chi connectivity index (χ4n) is 4.83. The smallest absolute Gasteiger partial charge is 0.188 e. The van der Waals surface area contributed by atoms with Gasteiger partial charge in [0.25, 0.3) is 0 Å².